The summed E-state index contributed by atoms with van der Waals surface area (Å²) in [6.07, 6.45) is 0. The van der Waals surface area contributed by atoms with Crippen molar-refractivity contribution in [2.75, 3.05) is 13.1 Å². The number of hydrogen-bond donors (Lipinski definition) is 0. The average Bonchev–Trinajstić information content (AvgIpc) is 2.46. The van der Waals surface area contributed by atoms with Crippen LogP contribution in [-0.2, 0) is 14.8 Å². The number of halogens is 1. The molecule has 0 spiro atoms. The Labute approximate surface area is 142 Å². The van der Waals surface area contributed by atoms with Crippen molar-refractivity contribution in [1.82, 2.24) is 4.31 Å². The molecule has 4 nitrogen and oxygen atoms in total. The first-order chi connectivity index (χ1) is 10.1. The molecule has 1 fully saturated rings. The molecule has 0 aromatic heterocycles. The Balaban J connectivity index is 0.00000116. The quantitative estimate of drug-likeness (QED) is 0.728. The van der Waals surface area contributed by atoms with Crippen LogP contribution in [0, 0.1) is 12.3 Å². The second-order valence-corrected chi connectivity index (χ2v) is 8.87. The molecule has 0 radical (unpaired) electrons. The zero-order chi connectivity index (χ0) is 17.1. The fourth-order valence-corrected chi connectivity index (χ4v) is 5.09. The average molecular weight is 390 g/mol. The Morgan fingerprint density at radius 3 is 2.14 bits per heavy atom. The Hall–Kier alpha value is -0.720. The Kier molecular flexibility index (Phi) is 6.36. The number of Topliss-reactive ketones (excluding diaryl/α,β-unsaturated/α-hetero) is 1. The molecular formula is C16H24BrNO3S. The van der Waals surface area contributed by atoms with E-state index >= 15 is 0 Å². The topological polar surface area (TPSA) is 54.5 Å². The molecule has 0 amide bonds. The number of hydrogen-bond acceptors (Lipinski definition) is 3. The minimum atomic E-state index is -3.56. The van der Waals surface area contributed by atoms with Gasteiger partial charge in [-0.1, -0.05) is 61.3 Å². The van der Waals surface area contributed by atoms with Gasteiger partial charge in [-0.25, -0.2) is 8.42 Å². The summed E-state index contributed by atoms with van der Waals surface area (Å²) in [4.78, 5) is 11.9. The highest BCUT2D eigenvalue weighted by Crippen LogP contribution is 2.32. The van der Waals surface area contributed by atoms with Gasteiger partial charge >= 0.3 is 0 Å². The number of alkyl halides is 1. The largest absolute Gasteiger partial charge is 0.298 e. The maximum Gasteiger partial charge on any atom is 0.243 e. The van der Waals surface area contributed by atoms with Crippen LogP contribution in [0.4, 0.5) is 0 Å². The number of piperidine rings is 1. The van der Waals surface area contributed by atoms with Gasteiger partial charge in [0.15, 0.2) is 5.78 Å². The van der Waals surface area contributed by atoms with Crippen LogP contribution in [0.2, 0.25) is 0 Å². The van der Waals surface area contributed by atoms with Crippen LogP contribution in [-0.4, -0.2) is 36.4 Å². The van der Waals surface area contributed by atoms with Crippen LogP contribution in [0.15, 0.2) is 29.2 Å². The Morgan fingerprint density at radius 1 is 1.18 bits per heavy atom. The number of benzene rings is 1. The predicted molar refractivity (Wildman–Crippen MR) is 92.8 cm³/mol. The first-order valence-electron chi connectivity index (χ1n) is 7.40. The van der Waals surface area contributed by atoms with Gasteiger partial charge in [0, 0.05) is 18.5 Å². The molecule has 2 rings (SSSR count). The first kappa shape index (κ1) is 19.3. The van der Waals surface area contributed by atoms with E-state index in [1.165, 1.54) is 4.31 Å². The summed E-state index contributed by atoms with van der Waals surface area (Å²) < 4.78 is 26.7. The highest BCUT2D eigenvalue weighted by Gasteiger charge is 2.44. The molecule has 124 valence electrons. The standard InChI is InChI=1S/C14H18BrNO3S.C2H6/c1-10-4-6-11(7-5-10)20(18,19)16-8-12(15)13(17)14(2,3)9-16;1-2/h4-7,12H,8-9H2,1-3H3;1-2H3. The molecule has 0 N–H and O–H groups in total. The molecule has 1 aromatic rings. The van der Waals surface area contributed by atoms with Gasteiger partial charge in [-0.05, 0) is 19.1 Å². The molecule has 1 aromatic carbocycles. The summed E-state index contributed by atoms with van der Waals surface area (Å²) >= 11 is 3.29. The maximum absolute atomic E-state index is 12.6. The number of nitrogens with zero attached hydrogens (tertiary/aromatic N) is 1. The van der Waals surface area contributed by atoms with Crippen molar-refractivity contribution in [2.24, 2.45) is 5.41 Å². The lowest BCUT2D eigenvalue weighted by Gasteiger charge is -2.38. The molecule has 0 aliphatic carbocycles. The highest BCUT2D eigenvalue weighted by molar-refractivity contribution is 9.10. The number of aryl methyl sites for hydroxylation is 1. The van der Waals surface area contributed by atoms with E-state index in [0.717, 1.165) is 5.56 Å². The summed E-state index contributed by atoms with van der Waals surface area (Å²) in [7, 11) is -3.56. The second-order valence-electron chi connectivity index (χ2n) is 5.83. The smallest absolute Gasteiger partial charge is 0.243 e. The fraction of sp³-hybridized carbons (Fsp3) is 0.562. The van der Waals surface area contributed by atoms with Crippen LogP contribution < -0.4 is 0 Å². The molecule has 1 aliphatic rings. The summed E-state index contributed by atoms with van der Waals surface area (Å²) in [6.45, 7) is 9.86. The molecule has 0 saturated carbocycles. The molecule has 6 heteroatoms. The molecular weight excluding hydrogens is 366 g/mol. The molecule has 0 bridgehead atoms. The SMILES string of the molecule is CC.Cc1ccc(S(=O)(=O)N2CC(Br)C(=O)C(C)(C)C2)cc1. The maximum atomic E-state index is 12.6. The van der Waals surface area contributed by atoms with Crippen molar-refractivity contribution < 1.29 is 13.2 Å². The lowest BCUT2D eigenvalue weighted by atomic mass is 9.84. The van der Waals surface area contributed by atoms with Crippen LogP contribution in [0.5, 0.6) is 0 Å². The second kappa shape index (κ2) is 7.23. The minimum Gasteiger partial charge on any atom is -0.298 e. The van der Waals surface area contributed by atoms with Crippen LogP contribution in [0.1, 0.15) is 33.3 Å². The number of carbonyl (C=O) groups is 1. The normalized spacial score (nSPS) is 21.9. The van der Waals surface area contributed by atoms with Crippen molar-refractivity contribution in [2.45, 2.75) is 44.3 Å². The summed E-state index contributed by atoms with van der Waals surface area (Å²) in [5.74, 6) is 0.0489. The molecule has 1 saturated heterocycles. The van der Waals surface area contributed by atoms with E-state index in [0.29, 0.717) is 0 Å². The zero-order valence-corrected chi connectivity index (χ0v) is 16.2. The lowest BCUT2D eigenvalue weighted by Crippen LogP contribution is -2.53. The van der Waals surface area contributed by atoms with Gasteiger partial charge in [0.05, 0.1) is 9.72 Å². The van der Waals surface area contributed by atoms with Gasteiger partial charge in [0.2, 0.25) is 10.0 Å². The van der Waals surface area contributed by atoms with Crippen molar-refractivity contribution in [1.29, 1.82) is 0 Å². The van der Waals surface area contributed by atoms with Gasteiger partial charge in [0.25, 0.3) is 0 Å². The molecule has 1 heterocycles. The molecule has 1 unspecified atom stereocenters. The summed E-state index contributed by atoms with van der Waals surface area (Å²) in [5.41, 5.74) is 0.334. The third kappa shape index (κ3) is 3.97. The van der Waals surface area contributed by atoms with E-state index < -0.39 is 20.3 Å². The fourth-order valence-electron chi connectivity index (χ4n) is 2.31. The van der Waals surface area contributed by atoms with Crippen LogP contribution >= 0.6 is 15.9 Å². The van der Waals surface area contributed by atoms with Crippen LogP contribution in [0.3, 0.4) is 0 Å². The molecule has 1 aliphatic heterocycles. The number of ketones is 1. The van der Waals surface area contributed by atoms with Crippen molar-refractivity contribution in [3.05, 3.63) is 29.8 Å². The summed E-state index contributed by atoms with van der Waals surface area (Å²) in [6, 6.07) is 6.77. The lowest BCUT2D eigenvalue weighted by molar-refractivity contribution is -0.129. The summed E-state index contributed by atoms with van der Waals surface area (Å²) in [5, 5.41) is 0. The highest BCUT2D eigenvalue weighted by atomic mass is 79.9. The molecule has 22 heavy (non-hydrogen) atoms. The number of sulfonamides is 1. The molecule has 1 atom stereocenters. The first-order valence-corrected chi connectivity index (χ1v) is 9.75. The third-order valence-electron chi connectivity index (χ3n) is 3.55. The van der Waals surface area contributed by atoms with Crippen molar-refractivity contribution >= 4 is 31.7 Å². The number of rotatable bonds is 2. The monoisotopic (exact) mass is 389 g/mol. The van der Waals surface area contributed by atoms with Gasteiger partial charge < -0.3 is 0 Å². The minimum absolute atomic E-state index is 0.0489. The predicted octanol–water partition coefficient (Wildman–Crippen LogP) is 3.38. The van der Waals surface area contributed by atoms with Gasteiger partial charge in [-0.3, -0.25) is 4.79 Å². The van der Waals surface area contributed by atoms with Gasteiger partial charge in [0.1, 0.15) is 0 Å². The van der Waals surface area contributed by atoms with E-state index in [1.807, 2.05) is 20.8 Å². The van der Waals surface area contributed by atoms with E-state index in [9.17, 15) is 13.2 Å². The Bertz CT molecular complexity index is 623. The zero-order valence-electron chi connectivity index (χ0n) is 13.8. The van der Waals surface area contributed by atoms with Gasteiger partial charge in [-0.15, -0.1) is 0 Å². The van der Waals surface area contributed by atoms with E-state index in [4.69, 9.17) is 0 Å². The number of carbonyl (C=O) groups excluding carboxylic acids is 1. The third-order valence-corrected chi connectivity index (χ3v) is 6.08. The van der Waals surface area contributed by atoms with Crippen LogP contribution in [0.25, 0.3) is 0 Å². The Morgan fingerprint density at radius 2 is 1.68 bits per heavy atom. The van der Waals surface area contributed by atoms with Crippen molar-refractivity contribution in [3.8, 4) is 0 Å². The van der Waals surface area contributed by atoms with Gasteiger partial charge in [-0.2, -0.15) is 4.31 Å². The van der Waals surface area contributed by atoms with E-state index in [1.54, 1.807) is 38.1 Å². The van der Waals surface area contributed by atoms with Crippen molar-refractivity contribution in [3.63, 3.8) is 0 Å². The van der Waals surface area contributed by atoms with E-state index in [2.05, 4.69) is 15.9 Å². The van der Waals surface area contributed by atoms with E-state index in [-0.39, 0.29) is 23.8 Å².